The van der Waals surface area contributed by atoms with Gasteiger partial charge in [0.15, 0.2) is 5.04 Å². The second-order valence-corrected chi connectivity index (χ2v) is 4.41. The lowest BCUT2D eigenvalue weighted by atomic mass is 10.2. The number of rotatable bonds is 3. The first kappa shape index (κ1) is 13.4. The third kappa shape index (κ3) is 4.00. The zero-order valence-corrected chi connectivity index (χ0v) is 10.3. The lowest BCUT2D eigenvalue weighted by molar-refractivity contribution is -0.384. The van der Waals surface area contributed by atoms with Gasteiger partial charge in [-0.25, -0.2) is 0 Å². The lowest BCUT2D eigenvalue weighted by Gasteiger charge is -2.02. The summed E-state index contributed by atoms with van der Waals surface area (Å²) in [5, 5.41) is 14.3. The Hall–Kier alpha value is -1.67. The van der Waals surface area contributed by atoms with E-state index in [1.165, 1.54) is 23.9 Å². The Morgan fingerprint density at radius 1 is 1.47 bits per heavy atom. The van der Waals surface area contributed by atoms with Gasteiger partial charge < -0.3 is 11.6 Å². The van der Waals surface area contributed by atoms with Crippen molar-refractivity contribution in [3.63, 3.8) is 0 Å². The molecular weight excluding hydrogens is 260 g/mol. The number of hydrazone groups is 1. The molecule has 0 fully saturated rings. The van der Waals surface area contributed by atoms with E-state index < -0.39 is 4.92 Å². The molecule has 0 saturated carbocycles. The van der Waals surface area contributed by atoms with Crippen LogP contribution >= 0.6 is 24.0 Å². The number of benzene rings is 1. The topological polar surface area (TPSA) is 108 Å². The average Bonchev–Trinajstić information content (AvgIpc) is 2.30. The van der Waals surface area contributed by atoms with Crippen molar-refractivity contribution in [3.05, 3.63) is 39.9 Å². The van der Waals surface area contributed by atoms with Crippen LogP contribution in [0.2, 0.25) is 0 Å². The summed E-state index contributed by atoms with van der Waals surface area (Å²) in [7, 11) is 0. The minimum Gasteiger partial charge on any atom is -0.388 e. The molecule has 1 aromatic carbocycles. The zero-order chi connectivity index (χ0) is 12.8. The fourth-order valence-electron chi connectivity index (χ4n) is 1.04. The highest BCUT2D eigenvalue weighted by atomic mass is 32.2. The van der Waals surface area contributed by atoms with Crippen molar-refractivity contribution in [1.82, 2.24) is 0 Å². The molecule has 0 atom stereocenters. The fraction of sp³-hybridized carbons (Fsp3) is 0.111. The van der Waals surface area contributed by atoms with Crippen LogP contribution in [0, 0.1) is 10.1 Å². The van der Waals surface area contributed by atoms with Gasteiger partial charge in [0.25, 0.3) is 5.69 Å². The van der Waals surface area contributed by atoms with Crippen LogP contribution in [0.4, 0.5) is 5.69 Å². The minimum atomic E-state index is -0.446. The molecule has 0 saturated heterocycles. The van der Waals surface area contributed by atoms with E-state index in [9.17, 15) is 10.1 Å². The lowest BCUT2D eigenvalue weighted by Crippen LogP contribution is -2.19. The van der Waals surface area contributed by atoms with Gasteiger partial charge in [-0.1, -0.05) is 36.1 Å². The quantitative estimate of drug-likeness (QED) is 0.214. The van der Waals surface area contributed by atoms with Gasteiger partial charge >= 0.3 is 0 Å². The van der Waals surface area contributed by atoms with E-state index in [1.807, 2.05) is 0 Å². The highest BCUT2D eigenvalue weighted by molar-refractivity contribution is 8.16. The predicted molar refractivity (Wildman–Crippen MR) is 72.8 cm³/mol. The summed E-state index contributed by atoms with van der Waals surface area (Å²) < 4.78 is 0. The molecular formula is C9H10N4O2S2. The Kier molecular flexibility index (Phi) is 4.85. The SMILES string of the molecule is N/N=C(/SCc1ccc([N+](=O)[O-])cc1)C(N)=S. The smallest absolute Gasteiger partial charge is 0.269 e. The number of nitrogens with zero attached hydrogens (tertiary/aromatic N) is 2. The third-order valence-electron chi connectivity index (χ3n) is 1.85. The van der Waals surface area contributed by atoms with Crippen LogP contribution in [0.1, 0.15) is 5.56 Å². The van der Waals surface area contributed by atoms with Gasteiger partial charge in [-0.3, -0.25) is 10.1 Å². The highest BCUT2D eigenvalue weighted by Crippen LogP contribution is 2.17. The molecule has 0 spiro atoms. The standard InChI is InChI=1S/C9H10N4O2S2/c10-8(16)9(12-11)17-5-6-1-3-7(4-2-6)13(14)15/h1-4H,5,11H2,(H2,10,16)/b12-9+. The summed E-state index contributed by atoms with van der Waals surface area (Å²) >= 11 is 6.03. The maximum Gasteiger partial charge on any atom is 0.269 e. The molecule has 0 aliphatic rings. The van der Waals surface area contributed by atoms with Crippen LogP contribution in [0.25, 0.3) is 0 Å². The Morgan fingerprint density at radius 2 is 2.06 bits per heavy atom. The summed E-state index contributed by atoms with van der Waals surface area (Å²) in [5.41, 5.74) is 6.34. The molecule has 0 radical (unpaired) electrons. The van der Waals surface area contributed by atoms with Gasteiger partial charge in [0.05, 0.1) is 4.92 Å². The molecule has 8 heteroatoms. The highest BCUT2D eigenvalue weighted by Gasteiger charge is 2.07. The van der Waals surface area contributed by atoms with Crippen LogP contribution in [0.15, 0.2) is 29.4 Å². The van der Waals surface area contributed by atoms with Crippen LogP contribution in [-0.2, 0) is 5.75 Å². The van der Waals surface area contributed by atoms with E-state index in [4.69, 9.17) is 23.8 Å². The first-order valence-corrected chi connectivity index (χ1v) is 5.87. The van der Waals surface area contributed by atoms with E-state index in [1.54, 1.807) is 12.1 Å². The van der Waals surface area contributed by atoms with Gasteiger partial charge in [0.2, 0.25) is 0 Å². The third-order valence-corrected chi connectivity index (χ3v) is 3.25. The maximum atomic E-state index is 10.4. The molecule has 0 aliphatic heterocycles. The van der Waals surface area contributed by atoms with Crippen molar-refractivity contribution in [3.8, 4) is 0 Å². The Morgan fingerprint density at radius 3 is 2.47 bits per heavy atom. The molecule has 1 aromatic rings. The summed E-state index contributed by atoms with van der Waals surface area (Å²) in [6.45, 7) is 0. The fourth-order valence-corrected chi connectivity index (χ4v) is 1.98. The second kappa shape index (κ2) is 6.16. The van der Waals surface area contributed by atoms with Gasteiger partial charge in [0.1, 0.15) is 4.99 Å². The Bertz CT molecular complexity index is 459. The number of non-ortho nitro benzene ring substituents is 1. The first-order valence-electron chi connectivity index (χ1n) is 4.48. The van der Waals surface area contributed by atoms with Crippen molar-refractivity contribution < 1.29 is 4.92 Å². The molecule has 6 nitrogen and oxygen atoms in total. The molecule has 90 valence electrons. The van der Waals surface area contributed by atoms with E-state index in [0.29, 0.717) is 10.8 Å². The minimum absolute atomic E-state index is 0.0563. The zero-order valence-electron chi connectivity index (χ0n) is 8.70. The molecule has 1 rings (SSSR count). The van der Waals surface area contributed by atoms with Crippen LogP contribution in [0.5, 0.6) is 0 Å². The molecule has 0 heterocycles. The van der Waals surface area contributed by atoms with Gasteiger partial charge in [-0.15, -0.1) is 0 Å². The number of hydrogen-bond acceptors (Lipinski definition) is 6. The number of nitro groups is 1. The normalized spacial score (nSPS) is 11.2. The molecule has 0 amide bonds. The van der Waals surface area contributed by atoms with Crippen LogP contribution < -0.4 is 11.6 Å². The number of hydrogen-bond donors (Lipinski definition) is 2. The number of nitrogens with two attached hydrogens (primary N) is 2. The Labute approximate surface area is 107 Å². The predicted octanol–water partition coefficient (Wildman–Crippen LogP) is 1.39. The molecule has 0 aromatic heterocycles. The van der Waals surface area contributed by atoms with Crippen molar-refractivity contribution >= 4 is 39.7 Å². The maximum absolute atomic E-state index is 10.4. The molecule has 17 heavy (non-hydrogen) atoms. The monoisotopic (exact) mass is 270 g/mol. The van der Waals surface area contributed by atoms with E-state index >= 15 is 0 Å². The summed E-state index contributed by atoms with van der Waals surface area (Å²) in [4.78, 5) is 10.1. The number of thioether (sulfide) groups is 1. The second-order valence-electron chi connectivity index (χ2n) is 3.01. The summed E-state index contributed by atoms with van der Waals surface area (Å²) in [6.07, 6.45) is 0. The van der Waals surface area contributed by atoms with Gasteiger partial charge in [-0.05, 0) is 5.56 Å². The largest absolute Gasteiger partial charge is 0.388 e. The molecule has 0 unspecified atom stereocenters. The first-order chi connectivity index (χ1) is 8.04. The van der Waals surface area contributed by atoms with E-state index in [2.05, 4.69) is 5.10 Å². The molecule has 0 aliphatic carbocycles. The van der Waals surface area contributed by atoms with Crippen molar-refractivity contribution in [2.45, 2.75) is 5.75 Å². The van der Waals surface area contributed by atoms with Gasteiger partial charge in [0, 0.05) is 17.9 Å². The molecule has 4 N–H and O–H groups in total. The van der Waals surface area contributed by atoms with Crippen molar-refractivity contribution in [1.29, 1.82) is 0 Å². The summed E-state index contributed by atoms with van der Waals surface area (Å²) in [6, 6.07) is 6.21. The van der Waals surface area contributed by atoms with E-state index in [0.717, 1.165) is 5.56 Å². The van der Waals surface area contributed by atoms with Crippen molar-refractivity contribution in [2.24, 2.45) is 16.7 Å². The number of thiocarbonyl (C=S) groups is 1. The molecule has 0 bridgehead atoms. The van der Waals surface area contributed by atoms with Crippen LogP contribution in [0.3, 0.4) is 0 Å². The van der Waals surface area contributed by atoms with E-state index in [-0.39, 0.29) is 10.7 Å². The average molecular weight is 270 g/mol. The van der Waals surface area contributed by atoms with Gasteiger partial charge in [-0.2, -0.15) is 5.10 Å². The van der Waals surface area contributed by atoms with Crippen LogP contribution in [-0.4, -0.2) is 15.0 Å². The number of nitro benzene ring substituents is 1. The van der Waals surface area contributed by atoms with Crippen molar-refractivity contribution in [2.75, 3.05) is 0 Å². The Balaban J connectivity index is 2.64. The summed E-state index contributed by atoms with van der Waals surface area (Å²) in [5.74, 6) is 5.66.